The fourth-order valence-electron chi connectivity index (χ4n) is 4.96. The van der Waals surface area contributed by atoms with Gasteiger partial charge in [-0.25, -0.2) is 4.39 Å². The second-order valence-corrected chi connectivity index (χ2v) is 9.97. The molecule has 2 saturated carbocycles. The molecule has 188 valence electrons. The molecule has 2 aliphatic carbocycles. The molecule has 3 fully saturated rings. The number of piperidine rings is 1. The van der Waals surface area contributed by atoms with E-state index in [4.69, 9.17) is 21.1 Å². The van der Waals surface area contributed by atoms with Crippen LogP contribution in [0.1, 0.15) is 38.5 Å². The lowest BCUT2D eigenvalue weighted by Gasteiger charge is -2.52. The first-order chi connectivity index (χ1) is 16.0. The lowest BCUT2D eigenvalue weighted by atomic mass is 9.60. The Morgan fingerprint density at radius 1 is 1.15 bits per heavy atom. The number of nitrogens with zero attached hydrogens (tertiary/aromatic N) is 1. The molecule has 1 heterocycles. The maximum absolute atomic E-state index is 13.4. The van der Waals surface area contributed by atoms with E-state index in [-0.39, 0.29) is 60.1 Å². The molecule has 1 saturated heterocycles. The fourth-order valence-corrected chi connectivity index (χ4v) is 5.08. The minimum atomic E-state index is -4.19. The van der Waals surface area contributed by atoms with E-state index in [2.05, 4.69) is 5.32 Å². The van der Waals surface area contributed by atoms with Crippen LogP contribution in [0.5, 0.6) is 5.75 Å². The molecule has 6 nitrogen and oxygen atoms in total. The number of benzene rings is 1. The Labute approximate surface area is 199 Å². The molecule has 1 aromatic carbocycles. The molecule has 0 radical (unpaired) electrons. The quantitative estimate of drug-likeness (QED) is 0.565. The number of alkyl halides is 3. The summed E-state index contributed by atoms with van der Waals surface area (Å²) in [4.78, 5) is 26.2. The number of amides is 2. The molecule has 0 atom stereocenters. The van der Waals surface area contributed by atoms with Crippen LogP contribution in [-0.4, -0.2) is 61.3 Å². The van der Waals surface area contributed by atoms with Crippen LogP contribution in [0, 0.1) is 17.2 Å². The summed E-state index contributed by atoms with van der Waals surface area (Å²) < 4.78 is 61.7. The van der Waals surface area contributed by atoms with Crippen molar-refractivity contribution in [3.63, 3.8) is 0 Å². The predicted molar refractivity (Wildman–Crippen MR) is 115 cm³/mol. The van der Waals surface area contributed by atoms with Crippen molar-refractivity contribution in [3.05, 3.63) is 29.0 Å². The third-order valence-corrected chi connectivity index (χ3v) is 7.47. The van der Waals surface area contributed by atoms with Crippen molar-refractivity contribution < 1.29 is 36.6 Å². The largest absolute Gasteiger partial charge is 0.484 e. The number of hydrogen-bond acceptors (Lipinski definition) is 4. The normalized spacial score (nSPS) is 24.3. The minimum Gasteiger partial charge on any atom is -0.484 e. The van der Waals surface area contributed by atoms with Crippen LogP contribution in [0.3, 0.4) is 0 Å². The summed E-state index contributed by atoms with van der Waals surface area (Å²) in [7, 11) is 0. The summed E-state index contributed by atoms with van der Waals surface area (Å²) in [6.45, 7) is 0.740. The molecule has 1 spiro atoms. The van der Waals surface area contributed by atoms with Crippen LogP contribution in [-0.2, 0) is 14.3 Å². The Hall–Kier alpha value is -2.07. The standard InChI is InChI=1S/C23H27ClF4N2O4/c24-18-2-1-16(9-19(18)25)33-12-20(31)29-15-10-22(11-15)3-5-30(6-4-22)21(32)13-34-17-7-14(8-17)23(26,27)28/h1-2,9,14-15,17H,3-8,10-13H2,(H,29,31). The summed E-state index contributed by atoms with van der Waals surface area (Å²) >= 11 is 5.62. The number of ether oxygens (including phenoxy) is 2. The predicted octanol–water partition coefficient (Wildman–Crippen LogP) is 4.10. The molecule has 0 aromatic heterocycles. The molecular weight excluding hydrogens is 480 g/mol. The fraction of sp³-hybridized carbons (Fsp3) is 0.652. The number of likely N-dealkylation sites (tertiary alicyclic amines) is 1. The van der Waals surface area contributed by atoms with Gasteiger partial charge in [-0.1, -0.05) is 11.6 Å². The minimum absolute atomic E-state index is 0.0192. The van der Waals surface area contributed by atoms with Crippen molar-refractivity contribution in [3.8, 4) is 5.75 Å². The summed E-state index contributed by atoms with van der Waals surface area (Å²) in [6.07, 6.45) is -1.58. The van der Waals surface area contributed by atoms with Gasteiger partial charge in [0.2, 0.25) is 5.91 Å². The average Bonchev–Trinajstić information content (AvgIpc) is 2.71. The molecule has 1 aliphatic heterocycles. The van der Waals surface area contributed by atoms with Gasteiger partial charge < -0.3 is 19.7 Å². The topological polar surface area (TPSA) is 67.9 Å². The Kier molecular flexibility index (Phi) is 7.28. The lowest BCUT2D eigenvalue weighted by Crippen LogP contribution is -2.56. The van der Waals surface area contributed by atoms with Crippen LogP contribution >= 0.6 is 11.6 Å². The van der Waals surface area contributed by atoms with Crippen molar-refractivity contribution in [2.24, 2.45) is 11.3 Å². The zero-order valence-corrected chi connectivity index (χ0v) is 19.3. The van der Waals surface area contributed by atoms with Crippen LogP contribution in [0.4, 0.5) is 17.6 Å². The summed E-state index contributed by atoms with van der Waals surface area (Å²) in [5, 5.41) is 2.89. The van der Waals surface area contributed by atoms with Crippen molar-refractivity contribution in [2.75, 3.05) is 26.3 Å². The number of carbonyl (C=O) groups excluding carboxylic acids is 2. The Morgan fingerprint density at radius 3 is 2.44 bits per heavy atom. The van der Waals surface area contributed by atoms with Gasteiger partial charge in [-0.05, 0) is 56.1 Å². The molecule has 11 heteroatoms. The van der Waals surface area contributed by atoms with Gasteiger partial charge in [0, 0.05) is 25.2 Å². The second-order valence-electron chi connectivity index (χ2n) is 9.56. The first-order valence-corrected chi connectivity index (χ1v) is 11.7. The van der Waals surface area contributed by atoms with Gasteiger partial charge in [-0.3, -0.25) is 9.59 Å². The summed E-state index contributed by atoms with van der Waals surface area (Å²) in [5.41, 5.74) is 0.0870. The van der Waals surface area contributed by atoms with Crippen LogP contribution < -0.4 is 10.1 Å². The van der Waals surface area contributed by atoms with Gasteiger partial charge in [0.05, 0.1) is 17.0 Å². The second kappa shape index (κ2) is 9.89. The van der Waals surface area contributed by atoms with Crippen molar-refractivity contribution >= 4 is 23.4 Å². The molecular formula is C23H27ClF4N2O4. The molecule has 4 rings (SSSR count). The van der Waals surface area contributed by atoms with E-state index in [1.807, 2.05) is 0 Å². The van der Waals surface area contributed by atoms with Crippen LogP contribution in [0.15, 0.2) is 18.2 Å². The summed E-state index contributed by atoms with van der Waals surface area (Å²) in [6, 6.07) is 4.01. The van der Waals surface area contributed by atoms with Gasteiger partial charge in [-0.15, -0.1) is 0 Å². The van der Waals surface area contributed by atoms with Crippen molar-refractivity contribution in [2.45, 2.75) is 56.8 Å². The van der Waals surface area contributed by atoms with Crippen LogP contribution in [0.2, 0.25) is 5.02 Å². The van der Waals surface area contributed by atoms with E-state index >= 15 is 0 Å². The third-order valence-electron chi connectivity index (χ3n) is 7.16. The monoisotopic (exact) mass is 506 g/mol. The van der Waals surface area contributed by atoms with Gasteiger partial charge in [0.1, 0.15) is 18.2 Å². The van der Waals surface area contributed by atoms with E-state index in [1.54, 1.807) is 4.90 Å². The maximum atomic E-state index is 13.4. The molecule has 0 unspecified atom stereocenters. The van der Waals surface area contributed by atoms with Gasteiger partial charge in [-0.2, -0.15) is 13.2 Å². The van der Waals surface area contributed by atoms with E-state index in [0.717, 1.165) is 31.7 Å². The lowest BCUT2D eigenvalue weighted by molar-refractivity contribution is -0.220. The number of nitrogens with one attached hydrogen (secondary N) is 1. The van der Waals surface area contributed by atoms with Crippen molar-refractivity contribution in [1.82, 2.24) is 10.2 Å². The average molecular weight is 507 g/mol. The Bertz CT molecular complexity index is 907. The maximum Gasteiger partial charge on any atom is 0.392 e. The first-order valence-electron chi connectivity index (χ1n) is 11.4. The SMILES string of the molecule is O=C(COc1ccc(Cl)c(F)c1)NC1CC2(CCN(C(=O)COC3CC(C(F)(F)F)C3)CC2)C1. The Balaban J connectivity index is 1.10. The zero-order valence-electron chi connectivity index (χ0n) is 18.5. The van der Waals surface area contributed by atoms with E-state index in [0.29, 0.717) is 13.1 Å². The molecule has 34 heavy (non-hydrogen) atoms. The Morgan fingerprint density at radius 2 is 1.82 bits per heavy atom. The molecule has 2 amide bonds. The van der Waals surface area contributed by atoms with E-state index in [9.17, 15) is 27.2 Å². The number of rotatable bonds is 7. The number of hydrogen-bond donors (Lipinski definition) is 1. The van der Waals surface area contributed by atoms with Gasteiger partial charge in [0.15, 0.2) is 6.61 Å². The molecule has 1 aromatic rings. The zero-order chi connectivity index (χ0) is 24.5. The molecule has 0 bridgehead atoms. The van der Waals surface area contributed by atoms with Gasteiger partial charge >= 0.3 is 6.18 Å². The highest BCUT2D eigenvalue weighted by Gasteiger charge is 2.49. The number of halogens is 5. The first kappa shape index (κ1) is 25.0. The summed E-state index contributed by atoms with van der Waals surface area (Å²) in [5.74, 6) is -2.19. The highest BCUT2D eigenvalue weighted by atomic mass is 35.5. The third kappa shape index (κ3) is 5.94. The van der Waals surface area contributed by atoms with E-state index < -0.39 is 24.0 Å². The smallest absolute Gasteiger partial charge is 0.392 e. The van der Waals surface area contributed by atoms with Crippen molar-refractivity contribution in [1.29, 1.82) is 0 Å². The van der Waals surface area contributed by atoms with E-state index in [1.165, 1.54) is 12.1 Å². The molecule has 3 aliphatic rings. The number of carbonyl (C=O) groups is 2. The molecule has 1 N–H and O–H groups in total. The highest BCUT2D eigenvalue weighted by molar-refractivity contribution is 6.30. The van der Waals surface area contributed by atoms with Gasteiger partial charge in [0.25, 0.3) is 5.91 Å². The highest BCUT2D eigenvalue weighted by Crippen LogP contribution is 2.49. The van der Waals surface area contributed by atoms with Crippen LogP contribution in [0.25, 0.3) is 0 Å².